The van der Waals surface area contributed by atoms with Crippen molar-refractivity contribution in [3.05, 3.63) is 64.7 Å². The summed E-state index contributed by atoms with van der Waals surface area (Å²) < 4.78 is 5.22. The number of fused-ring (bicyclic) bond motifs is 1. The third kappa shape index (κ3) is 2.78. The topological polar surface area (TPSA) is 41.6 Å². The van der Waals surface area contributed by atoms with Crippen LogP contribution in [0, 0.1) is 0 Å². The highest BCUT2D eigenvalue weighted by Crippen LogP contribution is 2.29. The van der Waals surface area contributed by atoms with Crippen LogP contribution in [-0.2, 0) is 13.1 Å². The maximum absolute atomic E-state index is 12.8. The smallest absolute Gasteiger partial charge is 0.253 e. The molecule has 4 heteroatoms. The van der Waals surface area contributed by atoms with Gasteiger partial charge in [-0.15, -0.1) is 0 Å². The highest BCUT2D eigenvalue weighted by molar-refractivity contribution is 5.94. The molecule has 2 aliphatic rings. The Labute approximate surface area is 142 Å². The number of hydrogen-bond acceptors (Lipinski definition) is 3. The molecule has 2 aliphatic heterocycles. The van der Waals surface area contributed by atoms with Crippen LogP contribution in [0.2, 0.25) is 0 Å². The van der Waals surface area contributed by atoms with E-state index in [2.05, 4.69) is 29.6 Å². The number of carbonyl (C=O) groups is 1. The average molecular weight is 322 g/mol. The lowest BCUT2D eigenvalue weighted by Crippen LogP contribution is -2.28. The van der Waals surface area contributed by atoms with E-state index in [1.54, 1.807) is 7.11 Å². The predicted molar refractivity (Wildman–Crippen MR) is 93.2 cm³/mol. The molecule has 0 aliphatic carbocycles. The first kappa shape index (κ1) is 15.2. The van der Waals surface area contributed by atoms with Gasteiger partial charge in [-0.1, -0.05) is 18.2 Å². The molecule has 1 fully saturated rings. The summed E-state index contributed by atoms with van der Waals surface area (Å²) >= 11 is 0. The molecule has 1 saturated heterocycles. The van der Waals surface area contributed by atoms with Gasteiger partial charge in [-0.2, -0.15) is 0 Å². The Morgan fingerprint density at radius 2 is 1.92 bits per heavy atom. The minimum absolute atomic E-state index is 0.153. The number of benzene rings is 2. The van der Waals surface area contributed by atoms with Crippen molar-refractivity contribution in [3.63, 3.8) is 0 Å². The van der Waals surface area contributed by atoms with Crippen molar-refractivity contribution in [1.82, 2.24) is 10.2 Å². The molecule has 124 valence electrons. The lowest BCUT2D eigenvalue weighted by atomic mass is 9.98. The zero-order valence-electron chi connectivity index (χ0n) is 13.9. The third-order valence-electron chi connectivity index (χ3n) is 5.15. The number of nitrogens with one attached hydrogen (secondary N) is 1. The maximum Gasteiger partial charge on any atom is 0.253 e. The molecular formula is C20H22N2O2. The second-order valence-electron chi connectivity index (χ2n) is 6.60. The summed E-state index contributed by atoms with van der Waals surface area (Å²) in [6, 6.07) is 14.3. The molecule has 2 heterocycles. The summed E-state index contributed by atoms with van der Waals surface area (Å²) in [5.41, 5.74) is 4.66. The van der Waals surface area contributed by atoms with Gasteiger partial charge in [-0.25, -0.2) is 0 Å². The Bertz CT molecular complexity index is 755. The van der Waals surface area contributed by atoms with Crippen LogP contribution in [-0.4, -0.2) is 31.0 Å². The van der Waals surface area contributed by atoms with Gasteiger partial charge in [0.2, 0.25) is 0 Å². The molecule has 0 bridgehead atoms. The molecule has 24 heavy (non-hydrogen) atoms. The van der Waals surface area contributed by atoms with Crippen molar-refractivity contribution in [1.29, 1.82) is 0 Å². The molecule has 2 aromatic carbocycles. The number of amides is 1. The lowest BCUT2D eigenvalue weighted by Gasteiger charge is -2.17. The number of ether oxygens (including phenoxy) is 1. The summed E-state index contributed by atoms with van der Waals surface area (Å²) in [5.74, 6) is 1.44. The fourth-order valence-corrected chi connectivity index (χ4v) is 3.70. The second-order valence-corrected chi connectivity index (χ2v) is 6.60. The molecule has 2 aromatic rings. The number of nitrogens with zero attached hydrogens (tertiary/aromatic N) is 1. The van der Waals surface area contributed by atoms with E-state index >= 15 is 0 Å². The van der Waals surface area contributed by atoms with Gasteiger partial charge in [-0.05, 0) is 47.4 Å². The van der Waals surface area contributed by atoms with Gasteiger partial charge < -0.3 is 15.0 Å². The van der Waals surface area contributed by atoms with E-state index in [1.165, 1.54) is 16.7 Å². The number of hydrogen-bond donors (Lipinski definition) is 1. The molecule has 1 N–H and O–H groups in total. The molecule has 0 radical (unpaired) electrons. The molecule has 0 saturated carbocycles. The number of likely N-dealkylation sites (tertiary alicyclic amines) is 1. The van der Waals surface area contributed by atoms with E-state index < -0.39 is 0 Å². The number of rotatable bonds is 3. The molecular weight excluding hydrogens is 300 g/mol. The van der Waals surface area contributed by atoms with Gasteiger partial charge in [0.1, 0.15) is 5.75 Å². The third-order valence-corrected chi connectivity index (χ3v) is 5.15. The van der Waals surface area contributed by atoms with Gasteiger partial charge in [0, 0.05) is 37.7 Å². The summed E-state index contributed by atoms with van der Waals surface area (Å²) in [6.07, 6.45) is 1.02. The molecule has 1 amide bonds. The zero-order chi connectivity index (χ0) is 16.5. The first-order chi connectivity index (χ1) is 11.7. The summed E-state index contributed by atoms with van der Waals surface area (Å²) in [4.78, 5) is 14.8. The zero-order valence-corrected chi connectivity index (χ0v) is 13.9. The summed E-state index contributed by atoms with van der Waals surface area (Å²) in [6.45, 7) is 3.39. The van der Waals surface area contributed by atoms with E-state index in [0.717, 1.165) is 43.9 Å². The van der Waals surface area contributed by atoms with Crippen molar-refractivity contribution in [2.24, 2.45) is 0 Å². The first-order valence-electron chi connectivity index (χ1n) is 8.50. The van der Waals surface area contributed by atoms with Crippen LogP contribution in [0.5, 0.6) is 5.75 Å². The number of methoxy groups -OCH3 is 1. The van der Waals surface area contributed by atoms with Crippen molar-refractivity contribution in [2.45, 2.75) is 25.4 Å². The number of carbonyl (C=O) groups excluding carboxylic acids is 1. The average Bonchev–Trinajstić information content (AvgIpc) is 3.30. The first-order valence-corrected chi connectivity index (χ1v) is 8.50. The summed E-state index contributed by atoms with van der Waals surface area (Å²) in [5, 5.41) is 3.33. The molecule has 1 atom stereocenters. The van der Waals surface area contributed by atoms with Gasteiger partial charge in [0.05, 0.1) is 7.11 Å². The van der Waals surface area contributed by atoms with Gasteiger partial charge in [-0.3, -0.25) is 4.79 Å². The Morgan fingerprint density at radius 1 is 1.12 bits per heavy atom. The molecule has 0 aromatic heterocycles. The van der Waals surface area contributed by atoms with Crippen LogP contribution in [0.1, 0.15) is 39.4 Å². The maximum atomic E-state index is 12.8. The highest BCUT2D eigenvalue weighted by Gasteiger charge is 2.28. The van der Waals surface area contributed by atoms with Crippen molar-refractivity contribution >= 4 is 5.91 Å². The lowest BCUT2D eigenvalue weighted by molar-refractivity contribution is 0.0790. The van der Waals surface area contributed by atoms with E-state index in [9.17, 15) is 4.79 Å². The van der Waals surface area contributed by atoms with E-state index in [1.807, 2.05) is 23.1 Å². The fourth-order valence-electron chi connectivity index (χ4n) is 3.70. The Morgan fingerprint density at radius 3 is 2.71 bits per heavy atom. The monoisotopic (exact) mass is 322 g/mol. The quantitative estimate of drug-likeness (QED) is 0.945. The molecule has 4 nitrogen and oxygen atoms in total. The summed E-state index contributed by atoms with van der Waals surface area (Å²) in [7, 11) is 1.68. The minimum Gasteiger partial charge on any atom is -0.497 e. The van der Waals surface area contributed by atoms with E-state index in [0.29, 0.717) is 5.92 Å². The van der Waals surface area contributed by atoms with Gasteiger partial charge in [0.25, 0.3) is 5.91 Å². The van der Waals surface area contributed by atoms with Gasteiger partial charge in [0.15, 0.2) is 0 Å². The highest BCUT2D eigenvalue weighted by atomic mass is 16.5. The van der Waals surface area contributed by atoms with Gasteiger partial charge >= 0.3 is 0 Å². The van der Waals surface area contributed by atoms with Crippen LogP contribution in [0.4, 0.5) is 0 Å². The van der Waals surface area contributed by atoms with E-state index in [4.69, 9.17) is 4.74 Å². The van der Waals surface area contributed by atoms with Crippen molar-refractivity contribution in [3.8, 4) is 5.75 Å². The van der Waals surface area contributed by atoms with Crippen LogP contribution in [0.15, 0.2) is 42.5 Å². The largest absolute Gasteiger partial charge is 0.497 e. The van der Waals surface area contributed by atoms with Crippen LogP contribution < -0.4 is 10.1 Å². The Hall–Kier alpha value is -2.33. The molecule has 4 rings (SSSR count). The molecule has 0 spiro atoms. The van der Waals surface area contributed by atoms with Crippen molar-refractivity contribution in [2.75, 3.05) is 20.2 Å². The van der Waals surface area contributed by atoms with Crippen LogP contribution >= 0.6 is 0 Å². The predicted octanol–water partition coefficient (Wildman–Crippen LogP) is 2.93. The van der Waals surface area contributed by atoms with Crippen molar-refractivity contribution < 1.29 is 9.53 Å². The van der Waals surface area contributed by atoms with Crippen LogP contribution in [0.25, 0.3) is 0 Å². The fraction of sp³-hybridized carbons (Fsp3) is 0.350. The standard InChI is InChI=1S/C20H22N2O2/c1-24-19-6-4-14(5-7-19)17-8-9-22(13-17)20(23)15-2-3-16-11-21-12-18(16)10-15/h2-7,10,17,21H,8-9,11-13H2,1H3. The SMILES string of the molecule is COc1ccc(C2CCN(C(=O)c3ccc4c(c3)CNC4)C2)cc1. The van der Waals surface area contributed by atoms with Crippen LogP contribution in [0.3, 0.4) is 0 Å². The second kappa shape index (κ2) is 6.29. The molecule has 1 unspecified atom stereocenters. The minimum atomic E-state index is 0.153. The Kier molecular flexibility index (Phi) is 3.98. The Balaban J connectivity index is 1.46. The van der Waals surface area contributed by atoms with E-state index in [-0.39, 0.29) is 5.91 Å². The normalized spacial score (nSPS) is 19.4.